The van der Waals surface area contributed by atoms with E-state index in [2.05, 4.69) is 40.2 Å². The molecule has 28 heavy (non-hydrogen) atoms. The van der Waals surface area contributed by atoms with Crippen molar-refractivity contribution in [1.29, 1.82) is 0 Å². The van der Waals surface area contributed by atoms with Crippen molar-refractivity contribution in [1.82, 2.24) is 14.9 Å². The van der Waals surface area contributed by atoms with Crippen LogP contribution in [0, 0.1) is 0 Å². The van der Waals surface area contributed by atoms with Gasteiger partial charge in [0.1, 0.15) is 0 Å². The van der Waals surface area contributed by atoms with E-state index in [-0.39, 0.29) is 6.09 Å². The molecule has 0 spiro atoms. The molecule has 1 saturated heterocycles. The Hall–Kier alpha value is -3.15. The number of hydrogen-bond acceptors (Lipinski definition) is 5. The summed E-state index contributed by atoms with van der Waals surface area (Å²) in [5, 5.41) is 2.42. The van der Waals surface area contributed by atoms with Crippen molar-refractivity contribution < 1.29 is 9.53 Å². The SMILES string of the molecule is COC(=O)N1CCC(N(C)c2nccc(-c3ccc4ccccc4c3)n2)CC1. The van der Waals surface area contributed by atoms with Crippen molar-refractivity contribution in [3.05, 3.63) is 54.7 Å². The average Bonchev–Trinajstić information content (AvgIpc) is 2.78. The number of carbonyl (C=O) groups is 1. The molecule has 1 aliphatic heterocycles. The number of aromatic nitrogens is 2. The zero-order valence-electron chi connectivity index (χ0n) is 16.2. The summed E-state index contributed by atoms with van der Waals surface area (Å²) in [6, 6.07) is 16.9. The number of benzene rings is 2. The van der Waals surface area contributed by atoms with Gasteiger partial charge in [0.15, 0.2) is 0 Å². The first-order chi connectivity index (χ1) is 13.7. The molecule has 144 valence electrons. The van der Waals surface area contributed by atoms with Gasteiger partial charge in [-0.15, -0.1) is 0 Å². The molecule has 1 aromatic heterocycles. The van der Waals surface area contributed by atoms with E-state index < -0.39 is 0 Å². The summed E-state index contributed by atoms with van der Waals surface area (Å²) in [7, 11) is 3.45. The standard InChI is InChI=1S/C22H24N4O2/c1-25(19-10-13-26(14-11-19)22(27)28-2)21-23-12-9-20(24-21)18-8-7-16-5-3-4-6-17(16)15-18/h3-9,12,15,19H,10-11,13-14H2,1-2H3. The number of ether oxygens (including phenoxy) is 1. The third kappa shape index (κ3) is 3.63. The maximum absolute atomic E-state index is 11.7. The van der Waals surface area contributed by atoms with Crippen molar-refractivity contribution in [3.63, 3.8) is 0 Å². The molecular weight excluding hydrogens is 352 g/mol. The second-order valence-corrected chi connectivity index (χ2v) is 7.10. The number of rotatable bonds is 3. The van der Waals surface area contributed by atoms with Crippen LogP contribution in [0.15, 0.2) is 54.7 Å². The van der Waals surface area contributed by atoms with E-state index >= 15 is 0 Å². The maximum Gasteiger partial charge on any atom is 0.409 e. The number of piperidine rings is 1. The first kappa shape index (κ1) is 18.2. The van der Waals surface area contributed by atoms with Crippen molar-refractivity contribution in [2.45, 2.75) is 18.9 Å². The second-order valence-electron chi connectivity index (χ2n) is 7.10. The maximum atomic E-state index is 11.7. The van der Waals surface area contributed by atoms with Gasteiger partial charge in [-0.3, -0.25) is 0 Å². The fourth-order valence-corrected chi connectivity index (χ4v) is 3.76. The lowest BCUT2D eigenvalue weighted by Crippen LogP contribution is -2.46. The molecule has 2 heterocycles. The highest BCUT2D eigenvalue weighted by Gasteiger charge is 2.26. The van der Waals surface area contributed by atoms with Gasteiger partial charge in [-0.25, -0.2) is 14.8 Å². The molecule has 6 nitrogen and oxygen atoms in total. The van der Waals surface area contributed by atoms with E-state index in [1.165, 1.54) is 17.9 Å². The Morgan fingerprint density at radius 1 is 1.11 bits per heavy atom. The molecule has 0 atom stereocenters. The van der Waals surface area contributed by atoms with E-state index in [9.17, 15) is 4.79 Å². The Morgan fingerprint density at radius 2 is 1.86 bits per heavy atom. The van der Waals surface area contributed by atoms with Crippen LogP contribution in [-0.2, 0) is 4.74 Å². The zero-order valence-corrected chi connectivity index (χ0v) is 16.2. The van der Waals surface area contributed by atoms with E-state index in [1.807, 2.05) is 31.4 Å². The predicted molar refractivity (Wildman–Crippen MR) is 110 cm³/mol. The minimum Gasteiger partial charge on any atom is -0.453 e. The van der Waals surface area contributed by atoms with Crippen LogP contribution < -0.4 is 4.90 Å². The van der Waals surface area contributed by atoms with Gasteiger partial charge in [0.25, 0.3) is 0 Å². The monoisotopic (exact) mass is 376 g/mol. The van der Waals surface area contributed by atoms with Gasteiger partial charge in [-0.1, -0.05) is 36.4 Å². The van der Waals surface area contributed by atoms with Crippen molar-refractivity contribution in [2.75, 3.05) is 32.1 Å². The van der Waals surface area contributed by atoms with E-state index in [1.54, 1.807) is 4.90 Å². The third-order valence-electron chi connectivity index (χ3n) is 5.45. The van der Waals surface area contributed by atoms with Gasteiger partial charge < -0.3 is 14.5 Å². The normalized spacial score (nSPS) is 14.9. The molecule has 0 bridgehead atoms. The first-order valence-corrected chi connectivity index (χ1v) is 9.53. The van der Waals surface area contributed by atoms with Gasteiger partial charge >= 0.3 is 6.09 Å². The molecule has 3 aromatic rings. The highest BCUT2D eigenvalue weighted by atomic mass is 16.5. The lowest BCUT2D eigenvalue weighted by molar-refractivity contribution is 0.112. The number of amides is 1. The van der Waals surface area contributed by atoms with Crippen molar-refractivity contribution in [2.24, 2.45) is 0 Å². The minimum absolute atomic E-state index is 0.254. The Labute approximate surface area is 164 Å². The number of likely N-dealkylation sites (tertiary alicyclic amines) is 1. The highest BCUT2D eigenvalue weighted by molar-refractivity contribution is 5.86. The summed E-state index contributed by atoms with van der Waals surface area (Å²) >= 11 is 0. The van der Waals surface area contributed by atoms with Crippen LogP contribution in [0.4, 0.5) is 10.7 Å². The molecule has 0 aliphatic carbocycles. The van der Waals surface area contributed by atoms with Gasteiger partial charge in [0, 0.05) is 37.9 Å². The summed E-state index contributed by atoms with van der Waals surface area (Å²) in [6.07, 6.45) is 3.30. The zero-order chi connectivity index (χ0) is 19.5. The van der Waals surface area contributed by atoms with Crippen molar-refractivity contribution in [3.8, 4) is 11.3 Å². The predicted octanol–water partition coefficient (Wildman–Crippen LogP) is 3.96. The lowest BCUT2D eigenvalue weighted by atomic mass is 10.0. The Morgan fingerprint density at radius 3 is 2.61 bits per heavy atom. The van der Waals surface area contributed by atoms with E-state index in [4.69, 9.17) is 9.72 Å². The van der Waals surface area contributed by atoms with Crippen LogP contribution in [0.2, 0.25) is 0 Å². The Bertz CT molecular complexity index is 983. The average molecular weight is 376 g/mol. The molecule has 0 radical (unpaired) electrons. The molecule has 1 aliphatic rings. The fraction of sp³-hybridized carbons (Fsp3) is 0.318. The Balaban J connectivity index is 1.52. The highest BCUT2D eigenvalue weighted by Crippen LogP contribution is 2.25. The van der Waals surface area contributed by atoms with E-state index in [0.29, 0.717) is 25.1 Å². The summed E-state index contributed by atoms with van der Waals surface area (Å²) in [6.45, 7) is 1.37. The van der Waals surface area contributed by atoms with Crippen LogP contribution in [0.3, 0.4) is 0 Å². The van der Waals surface area contributed by atoms with Gasteiger partial charge in [-0.2, -0.15) is 0 Å². The number of carbonyl (C=O) groups excluding carboxylic acids is 1. The smallest absolute Gasteiger partial charge is 0.409 e. The molecule has 1 amide bonds. The fourth-order valence-electron chi connectivity index (χ4n) is 3.76. The first-order valence-electron chi connectivity index (χ1n) is 9.53. The molecular formula is C22H24N4O2. The van der Waals surface area contributed by atoms with Crippen LogP contribution in [0.25, 0.3) is 22.0 Å². The molecule has 0 saturated carbocycles. The number of methoxy groups -OCH3 is 1. The minimum atomic E-state index is -0.254. The van der Waals surface area contributed by atoms with Crippen molar-refractivity contribution >= 4 is 22.8 Å². The molecule has 1 fully saturated rings. The van der Waals surface area contributed by atoms with Crippen LogP contribution in [-0.4, -0.2) is 54.2 Å². The Kier molecular flexibility index (Phi) is 5.10. The number of nitrogens with zero attached hydrogens (tertiary/aromatic N) is 4. The quantitative estimate of drug-likeness (QED) is 0.692. The molecule has 6 heteroatoms. The van der Waals surface area contributed by atoms with Gasteiger partial charge in [0.2, 0.25) is 5.95 Å². The topological polar surface area (TPSA) is 58.6 Å². The number of hydrogen-bond donors (Lipinski definition) is 0. The van der Waals surface area contributed by atoms with Crippen LogP contribution in [0.1, 0.15) is 12.8 Å². The van der Waals surface area contributed by atoms with Gasteiger partial charge in [-0.05, 0) is 35.7 Å². The third-order valence-corrected chi connectivity index (χ3v) is 5.45. The second kappa shape index (κ2) is 7.84. The van der Waals surface area contributed by atoms with Crippen LogP contribution >= 0.6 is 0 Å². The molecule has 2 aromatic carbocycles. The number of fused-ring (bicyclic) bond motifs is 1. The summed E-state index contributed by atoms with van der Waals surface area (Å²) in [5.41, 5.74) is 1.99. The largest absolute Gasteiger partial charge is 0.453 e. The molecule has 0 unspecified atom stereocenters. The summed E-state index contributed by atoms with van der Waals surface area (Å²) < 4.78 is 4.81. The van der Waals surface area contributed by atoms with Crippen LogP contribution in [0.5, 0.6) is 0 Å². The van der Waals surface area contributed by atoms with Gasteiger partial charge in [0.05, 0.1) is 12.8 Å². The lowest BCUT2D eigenvalue weighted by Gasteiger charge is -2.36. The molecule has 4 rings (SSSR count). The van der Waals surface area contributed by atoms with E-state index in [0.717, 1.165) is 24.1 Å². The summed E-state index contributed by atoms with van der Waals surface area (Å²) in [5.74, 6) is 0.710. The molecule has 0 N–H and O–H groups in total. The summed E-state index contributed by atoms with van der Waals surface area (Å²) in [4.78, 5) is 24.8. The number of anilines is 1.